The third-order valence-corrected chi connectivity index (χ3v) is 3.54. The quantitative estimate of drug-likeness (QED) is 0.644. The van der Waals surface area contributed by atoms with Crippen LogP contribution in [0.1, 0.15) is 55.1 Å². The maximum Gasteiger partial charge on any atom is 0.338 e. The zero-order chi connectivity index (χ0) is 17.0. The first-order chi connectivity index (χ1) is 10.9. The number of hydrogen-bond donors (Lipinski definition) is 1. The highest BCUT2D eigenvalue weighted by Gasteiger charge is 2.19. The van der Waals surface area contributed by atoms with E-state index in [0.29, 0.717) is 11.4 Å². The number of carbonyl (C=O) groups is 1. The van der Waals surface area contributed by atoms with E-state index in [1.807, 2.05) is 26.0 Å². The lowest BCUT2D eigenvalue weighted by Gasteiger charge is -2.17. The molecule has 0 saturated carbocycles. The van der Waals surface area contributed by atoms with Gasteiger partial charge in [-0.25, -0.2) is 8.88 Å². The molecule has 1 aromatic heterocycles. The number of aromatic nitrogens is 2. The van der Waals surface area contributed by atoms with Crippen LogP contribution in [0.15, 0.2) is 30.5 Å². The molecule has 0 atom stereocenters. The third kappa shape index (κ3) is 4.51. The van der Waals surface area contributed by atoms with Gasteiger partial charge in [-0.1, -0.05) is 26.0 Å². The van der Waals surface area contributed by atoms with Gasteiger partial charge in [0.2, 0.25) is 5.88 Å². The van der Waals surface area contributed by atoms with E-state index in [4.69, 9.17) is 9.47 Å². The van der Waals surface area contributed by atoms with Gasteiger partial charge in [-0.15, -0.1) is 5.10 Å². The van der Waals surface area contributed by atoms with Crippen molar-refractivity contribution in [3.8, 4) is 5.88 Å². The lowest BCUT2D eigenvalue weighted by atomic mass is 9.93. The predicted octanol–water partition coefficient (Wildman–Crippen LogP) is 3.84. The van der Waals surface area contributed by atoms with Crippen molar-refractivity contribution in [2.45, 2.75) is 46.3 Å². The number of nitrogens with zero attached hydrogens (tertiary/aromatic N) is 2. The van der Waals surface area contributed by atoms with Crippen molar-refractivity contribution in [2.75, 3.05) is 0 Å². The Labute approximate surface area is 142 Å². The summed E-state index contributed by atoms with van der Waals surface area (Å²) in [7, 11) is 0. The summed E-state index contributed by atoms with van der Waals surface area (Å²) in [5.41, 5.74) is 2.44. The van der Waals surface area contributed by atoms with Crippen LogP contribution in [0.25, 0.3) is 0 Å². The molecule has 124 valence electrons. The minimum absolute atomic E-state index is 0.168. The Morgan fingerprint density at radius 2 is 2.00 bits per heavy atom. The van der Waals surface area contributed by atoms with Gasteiger partial charge in [0.1, 0.15) is 6.61 Å². The van der Waals surface area contributed by atoms with Gasteiger partial charge in [0.15, 0.2) is 0 Å². The summed E-state index contributed by atoms with van der Waals surface area (Å²) >= 11 is 4.08. The van der Waals surface area contributed by atoms with Crippen LogP contribution in [-0.4, -0.2) is 21.3 Å². The number of carbonyl (C=O) groups excluding carboxylic acids is 1. The molecule has 6 heteroatoms. The van der Waals surface area contributed by atoms with E-state index in [2.05, 4.69) is 31.8 Å². The first kappa shape index (κ1) is 17.4. The SMILES string of the molecule is CC(C)OC(=O)c1cccc(C(C)C)c1COc1ccn(S)n1. The molecule has 0 spiro atoms. The van der Waals surface area contributed by atoms with Gasteiger partial charge in [-0.05, 0) is 44.2 Å². The molecular weight excluding hydrogens is 312 g/mol. The Kier molecular flexibility index (Phi) is 5.71. The van der Waals surface area contributed by atoms with Gasteiger partial charge >= 0.3 is 5.97 Å². The van der Waals surface area contributed by atoms with Crippen LogP contribution in [0, 0.1) is 0 Å². The predicted molar refractivity (Wildman–Crippen MR) is 92.0 cm³/mol. The van der Waals surface area contributed by atoms with Gasteiger partial charge in [0.05, 0.1) is 11.7 Å². The number of thiol groups is 1. The van der Waals surface area contributed by atoms with E-state index in [0.717, 1.165) is 11.1 Å². The minimum Gasteiger partial charge on any atom is -0.472 e. The molecule has 0 aliphatic heterocycles. The number of hydrogen-bond acceptors (Lipinski definition) is 5. The molecule has 5 nitrogen and oxygen atoms in total. The number of ether oxygens (including phenoxy) is 2. The molecule has 0 amide bonds. The van der Waals surface area contributed by atoms with Gasteiger partial charge in [0, 0.05) is 17.8 Å². The second-order valence-corrected chi connectivity index (χ2v) is 6.25. The molecular formula is C17H22N2O3S. The molecule has 2 aromatic rings. The summed E-state index contributed by atoms with van der Waals surface area (Å²) in [6, 6.07) is 7.37. The highest BCUT2D eigenvalue weighted by molar-refractivity contribution is 7.78. The average molecular weight is 334 g/mol. The molecule has 0 N–H and O–H groups in total. The zero-order valence-electron chi connectivity index (χ0n) is 13.8. The van der Waals surface area contributed by atoms with E-state index in [1.54, 1.807) is 18.3 Å². The Morgan fingerprint density at radius 3 is 2.57 bits per heavy atom. The van der Waals surface area contributed by atoms with Crippen molar-refractivity contribution in [1.29, 1.82) is 0 Å². The van der Waals surface area contributed by atoms with Crippen molar-refractivity contribution in [1.82, 2.24) is 9.19 Å². The summed E-state index contributed by atoms with van der Waals surface area (Å²) in [6.07, 6.45) is 1.51. The number of rotatable bonds is 6. The van der Waals surface area contributed by atoms with Gasteiger partial charge in [0.25, 0.3) is 0 Å². The van der Waals surface area contributed by atoms with E-state index in [9.17, 15) is 4.79 Å². The molecule has 0 aliphatic rings. The van der Waals surface area contributed by atoms with Crippen molar-refractivity contribution >= 4 is 18.8 Å². The Bertz CT molecular complexity index is 680. The third-order valence-electron chi connectivity index (χ3n) is 3.31. The van der Waals surface area contributed by atoms with E-state index >= 15 is 0 Å². The first-order valence-corrected chi connectivity index (χ1v) is 7.99. The monoisotopic (exact) mass is 334 g/mol. The summed E-state index contributed by atoms with van der Waals surface area (Å²) in [5.74, 6) is 0.394. The normalized spacial score (nSPS) is 11.1. The standard InChI is InChI=1S/C17H22N2O3S/c1-11(2)13-6-5-7-14(17(20)22-12(3)4)15(13)10-21-16-8-9-19(23)18-16/h5-9,11-12,23H,10H2,1-4H3. The molecule has 0 aliphatic carbocycles. The summed E-state index contributed by atoms with van der Waals surface area (Å²) in [6.45, 7) is 8.08. The fourth-order valence-corrected chi connectivity index (χ4v) is 2.45. The van der Waals surface area contributed by atoms with Gasteiger partial charge in [-0.3, -0.25) is 0 Å². The van der Waals surface area contributed by atoms with Crippen molar-refractivity contribution < 1.29 is 14.3 Å². The van der Waals surface area contributed by atoms with Crippen LogP contribution in [0.4, 0.5) is 0 Å². The molecule has 1 heterocycles. The maximum absolute atomic E-state index is 12.4. The molecule has 0 fully saturated rings. The molecule has 0 saturated heterocycles. The van der Waals surface area contributed by atoms with Crippen molar-refractivity contribution in [2.24, 2.45) is 0 Å². The number of esters is 1. The van der Waals surface area contributed by atoms with Crippen molar-refractivity contribution in [3.63, 3.8) is 0 Å². The van der Waals surface area contributed by atoms with E-state index in [-0.39, 0.29) is 24.6 Å². The van der Waals surface area contributed by atoms with Crippen LogP contribution < -0.4 is 4.74 Å². The Balaban J connectivity index is 2.31. The zero-order valence-corrected chi connectivity index (χ0v) is 14.7. The molecule has 0 unspecified atom stereocenters. The van der Waals surface area contributed by atoms with Crippen LogP contribution in [-0.2, 0) is 11.3 Å². The Morgan fingerprint density at radius 1 is 1.26 bits per heavy atom. The second kappa shape index (κ2) is 7.55. The first-order valence-electron chi connectivity index (χ1n) is 7.59. The van der Waals surface area contributed by atoms with E-state index < -0.39 is 0 Å². The molecule has 2 rings (SSSR count). The molecule has 0 bridgehead atoms. The maximum atomic E-state index is 12.4. The summed E-state index contributed by atoms with van der Waals surface area (Å²) < 4.78 is 12.4. The van der Waals surface area contributed by atoms with Crippen LogP contribution in [0.5, 0.6) is 5.88 Å². The largest absolute Gasteiger partial charge is 0.472 e. The average Bonchev–Trinajstić information content (AvgIpc) is 2.89. The molecule has 0 radical (unpaired) electrons. The Hall–Kier alpha value is -1.95. The molecule has 1 aromatic carbocycles. The van der Waals surface area contributed by atoms with Crippen LogP contribution in [0.2, 0.25) is 0 Å². The summed E-state index contributed by atoms with van der Waals surface area (Å²) in [5, 5.41) is 4.07. The van der Waals surface area contributed by atoms with Crippen LogP contribution in [0.3, 0.4) is 0 Å². The highest BCUT2D eigenvalue weighted by Crippen LogP contribution is 2.25. The van der Waals surface area contributed by atoms with Crippen molar-refractivity contribution in [3.05, 3.63) is 47.2 Å². The number of benzene rings is 1. The second-order valence-electron chi connectivity index (χ2n) is 5.85. The van der Waals surface area contributed by atoms with Gasteiger partial charge < -0.3 is 9.47 Å². The fraction of sp³-hybridized carbons (Fsp3) is 0.412. The lowest BCUT2D eigenvalue weighted by Crippen LogP contribution is -2.16. The molecule has 23 heavy (non-hydrogen) atoms. The van der Waals surface area contributed by atoms with Gasteiger partial charge in [-0.2, -0.15) is 0 Å². The minimum atomic E-state index is -0.333. The topological polar surface area (TPSA) is 53.4 Å². The fourth-order valence-electron chi connectivity index (χ4n) is 2.30. The summed E-state index contributed by atoms with van der Waals surface area (Å²) in [4.78, 5) is 12.4. The van der Waals surface area contributed by atoms with E-state index in [1.165, 1.54) is 4.09 Å². The van der Waals surface area contributed by atoms with Crippen LogP contribution >= 0.6 is 12.8 Å². The lowest BCUT2D eigenvalue weighted by molar-refractivity contribution is 0.0374. The smallest absolute Gasteiger partial charge is 0.338 e. The highest BCUT2D eigenvalue weighted by atomic mass is 32.1.